The Morgan fingerprint density at radius 1 is 0.857 bits per heavy atom. The normalized spacial score (nSPS) is 19.6. The first kappa shape index (κ1) is 18.9. The van der Waals surface area contributed by atoms with E-state index < -0.39 is 15.4 Å². The van der Waals surface area contributed by atoms with E-state index in [0.717, 1.165) is 24.0 Å². The quantitative estimate of drug-likeness (QED) is 0.781. The zero-order valence-corrected chi connectivity index (χ0v) is 16.5. The number of hydrogen-bond donors (Lipinski definition) is 0. The van der Waals surface area contributed by atoms with Gasteiger partial charge in [-0.25, -0.2) is 8.42 Å². The molecule has 2 aromatic rings. The smallest absolute Gasteiger partial charge is 0.236 e. The Labute approximate surface area is 166 Å². The van der Waals surface area contributed by atoms with Crippen LogP contribution >= 0.6 is 0 Å². The minimum atomic E-state index is -3.49. The Balaban J connectivity index is 1.39. The number of carbonyl (C=O) groups is 1. The fourth-order valence-electron chi connectivity index (χ4n) is 3.77. The minimum Gasteiger partial charge on any atom is -0.339 e. The summed E-state index contributed by atoms with van der Waals surface area (Å²) in [6, 6.07) is 19.3. The summed E-state index contributed by atoms with van der Waals surface area (Å²) in [5.74, 6) is 0.135. The molecule has 1 aliphatic carbocycles. The van der Waals surface area contributed by atoms with Crippen LogP contribution in [0.3, 0.4) is 0 Å². The van der Waals surface area contributed by atoms with Gasteiger partial charge in [-0.15, -0.1) is 0 Å². The summed E-state index contributed by atoms with van der Waals surface area (Å²) >= 11 is 0. The molecule has 1 saturated heterocycles. The predicted octanol–water partition coefficient (Wildman–Crippen LogP) is 2.86. The fourth-order valence-corrected chi connectivity index (χ4v) is 4.94. The lowest BCUT2D eigenvalue weighted by molar-refractivity contribution is -0.135. The molecule has 0 atom stereocenters. The van der Waals surface area contributed by atoms with Crippen LogP contribution < -0.4 is 0 Å². The van der Waals surface area contributed by atoms with Crippen molar-refractivity contribution in [2.75, 3.05) is 26.2 Å². The molecule has 1 heterocycles. The minimum absolute atomic E-state index is 0.135. The zero-order chi connectivity index (χ0) is 19.6. The monoisotopic (exact) mass is 396 g/mol. The van der Waals surface area contributed by atoms with Gasteiger partial charge in [0.05, 0.1) is 5.41 Å². The maximum atomic E-state index is 13.1. The first-order valence-electron chi connectivity index (χ1n) is 9.59. The van der Waals surface area contributed by atoms with Crippen LogP contribution in [0.5, 0.6) is 0 Å². The zero-order valence-electron chi connectivity index (χ0n) is 15.7. The number of piperazine rings is 1. The maximum absolute atomic E-state index is 13.1. The molecule has 5 nitrogen and oxygen atoms in total. The van der Waals surface area contributed by atoms with Crippen molar-refractivity contribution in [1.82, 2.24) is 9.21 Å². The third-order valence-corrected chi connectivity index (χ3v) is 7.17. The summed E-state index contributed by atoms with van der Waals surface area (Å²) in [5, 5.41) is 1.26. The average molecular weight is 397 g/mol. The summed E-state index contributed by atoms with van der Waals surface area (Å²) in [4.78, 5) is 14.9. The molecule has 0 N–H and O–H groups in total. The second-order valence-electron chi connectivity index (χ2n) is 7.40. The van der Waals surface area contributed by atoms with E-state index >= 15 is 0 Å². The van der Waals surface area contributed by atoms with Gasteiger partial charge < -0.3 is 4.90 Å². The number of sulfonamides is 1. The molecule has 0 radical (unpaired) electrons. The third kappa shape index (κ3) is 3.75. The first-order valence-corrected chi connectivity index (χ1v) is 11.1. The molecule has 0 unspecified atom stereocenters. The first-order chi connectivity index (χ1) is 13.5. The molecule has 1 amide bonds. The highest BCUT2D eigenvalue weighted by Crippen LogP contribution is 2.49. The fraction of sp³-hybridized carbons (Fsp3) is 0.318. The van der Waals surface area contributed by atoms with Gasteiger partial charge >= 0.3 is 0 Å². The van der Waals surface area contributed by atoms with Gasteiger partial charge in [0.1, 0.15) is 0 Å². The highest BCUT2D eigenvalue weighted by Gasteiger charge is 2.53. The van der Waals surface area contributed by atoms with Crippen molar-refractivity contribution in [1.29, 1.82) is 0 Å². The molecule has 28 heavy (non-hydrogen) atoms. The van der Waals surface area contributed by atoms with Gasteiger partial charge in [0.2, 0.25) is 15.9 Å². The molecule has 0 aromatic heterocycles. The van der Waals surface area contributed by atoms with E-state index in [1.54, 1.807) is 6.08 Å². The van der Waals surface area contributed by atoms with Crippen molar-refractivity contribution in [2.24, 2.45) is 0 Å². The van der Waals surface area contributed by atoms with E-state index in [4.69, 9.17) is 0 Å². The number of rotatable bonds is 5. The molecule has 4 rings (SSSR count). The van der Waals surface area contributed by atoms with E-state index in [1.807, 2.05) is 65.6 Å². The summed E-state index contributed by atoms with van der Waals surface area (Å²) in [5.41, 5.74) is 1.52. The van der Waals surface area contributed by atoms with E-state index in [-0.39, 0.29) is 5.91 Å². The molecule has 2 aromatic carbocycles. The van der Waals surface area contributed by atoms with Gasteiger partial charge in [0.15, 0.2) is 0 Å². The summed E-state index contributed by atoms with van der Waals surface area (Å²) in [6.07, 6.45) is 3.35. The number of amides is 1. The second kappa shape index (κ2) is 7.53. The number of benzene rings is 2. The number of carbonyl (C=O) groups excluding carboxylic acids is 1. The third-order valence-electron chi connectivity index (χ3n) is 5.60. The summed E-state index contributed by atoms with van der Waals surface area (Å²) in [7, 11) is -3.49. The lowest BCUT2D eigenvalue weighted by Crippen LogP contribution is -2.52. The van der Waals surface area contributed by atoms with Crippen LogP contribution in [0.2, 0.25) is 0 Å². The summed E-state index contributed by atoms with van der Waals surface area (Å²) < 4.78 is 26.7. The molecule has 2 fully saturated rings. The Morgan fingerprint density at radius 2 is 1.43 bits per heavy atom. The number of hydrogen-bond acceptors (Lipinski definition) is 3. The highest BCUT2D eigenvalue weighted by atomic mass is 32.2. The van der Waals surface area contributed by atoms with E-state index in [0.29, 0.717) is 26.2 Å². The standard InChI is InChI=1S/C22H24N2O3S/c25-21(22(12-13-22)20-9-5-2-6-10-20)23-14-16-24(17-15-23)28(26,27)18-11-19-7-3-1-4-8-19/h1-11,18H,12-17H2/b18-11+. The Morgan fingerprint density at radius 3 is 2.00 bits per heavy atom. The molecule has 6 heteroatoms. The largest absolute Gasteiger partial charge is 0.339 e. The molecule has 146 valence electrons. The van der Waals surface area contributed by atoms with Crippen molar-refractivity contribution in [3.05, 3.63) is 77.2 Å². The highest BCUT2D eigenvalue weighted by molar-refractivity contribution is 7.92. The maximum Gasteiger partial charge on any atom is 0.236 e. The summed E-state index contributed by atoms with van der Waals surface area (Å²) in [6.45, 7) is 1.54. The topological polar surface area (TPSA) is 57.7 Å². The molecule has 1 aliphatic heterocycles. The van der Waals surface area contributed by atoms with Crippen LogP contribution in [0.15, 0.2) is 66.1 Å². The van der Waals surface area contributed by atoms with Gasteiger partial charge in [-0.05, 0) is 30.0 Å². The average Bonchev–Trinajstić information content (AvgIpc) is 3.55. The van der Waals surface area contributed by atoms with Gasteiger partial charge in [-0.2, -0.15) is 4.31 Å². The van der Waals surface area contributed by atoms with Crippen LogP contribution in [0.1, 0.15) is 24.0 Å². The molecule has 1 saturated carbocycles. The van der Waals surface area contributed by atoms with Crippen molar-refractivity contribution < 1.29 is 13.2 Å². The molecule has 0 spiro atoms. The van der Waals surface area contributed by atoms with Crippen LogP contribution in [0.25, 0.3) is 6.08 Å². The Kier molecular flexibility index (Phi) is 5.08. The number of nitrogens with zero attached hydrogens (tertiary/aromatic N) is 2. The van der Waals surface area contributed by atoms with Gasteiger partial charge in [0.25, 0.3) is 0 Å². The van der Waals surface area contributed by atoms with Gasteiger partial charge in [-0.1, -0.05) is 60.7 Å². The van der Waals surface area contributed by atoms with Crippen LogP contribution in [-0.4, -0.2) is 49.7 Å². The molecule has 0 bridgehead atoms. The van der Waals surface area contributed by atoms with Crippen molar-refractivity contribution >= 4 is 22.0 Å². The Bertz CT molecular complexity index is 959. The lowest BCUT2D eigenvalue weighted by Gasteiger charge is -2.35. The van der Waals surface area contributed by atoms with Crippen LogP contribution in [0, 0.1) is 0 Å². The van der Waals surface area contributed by atoms with Crippen LogP contribution in [-0.2, 0) is 20.2 Å². The van der Waals surface area contributed by atoms with Gasteiger partial charge in [0, 0.05) is 31.6 Å². The van der Waals surface area contributed by atoms with E-state index in [2.05, 4.69) is 0 Å². The van der Waals surface area contributed by atoms with Gasteiger partial charge in [-0.3, -0.25) is 4.79 Å². The predicted molar refractivity (Wildman–Crippen MR) is 110 cm³/mol. The molecular formula is C22H24N2O3S. The SMILES string of the molecule is O=C(N1CCN(S(=O)(=O)/C=C/c2ccccc2)CC1)C1(c2ccccc2)CC1. The Hall–Kier alpha value is -2.44. The van der Waals surface area contributed by atoms with Crippen LogP contribution in [0.4, 0.5) is 0 Å². The van der Waals surface area contributed by atoms with E-state index in [9.17, 15) is 13.2 Å². The van der Waals surface area contributed by atoms with E-state index in [1.165, 1.54) is 9.71 Å². The van der Waals surface area contributed by atoms with Crippen molar-refractivity contribution in [3.8, 4) is 0 Å². The molecule has 2 aliphatic rings. The van der Waals surface area contributed by atoms with Crippen molar-refractivity contribution in [3.63, 3.8) is 0 Å². The molecular weight excluding hydrogens is 372 g/mol. The van der Waals surface area contributed by atoms with Crippen molar-refractivity contribution in [2.45, 2.75) is 18.3 Å². The lowest BCUT2D eigenvalue weighted by atomic mass is 9.94. The second-order valence-corrected chi connectivity index (χ2v) is 9.22.